The fraction of sp³-hybridized carbons (Fsp3) is 0.400. The highest BCUT2D eigenvalue weighted by molar-refractivity contribution is 5.65. The number of benzene rings is 2. The second-order valence-corrected chi connectivity index (χ2v) is 7.09. The van der Waals surface area contributed by atoms with Gasteiger partial charge in [-0.3, -0.25) is 0 Å². The summed E-state index contributed by atoms with van der Waals surface area (Å²) in [5, 5.41) is 0. The van der Waals surface area contributed by atoms with Crippen LogP contribution < -0.4 is 14.5 Å². The van der Waals surface area contributed by atoms with Gasteiger partial charge in [-0.15, -0.1) is 0 Å². The van der Waals surface area contributed by atoms with Gasteiger partial charge < -0.3 is 14.5 Å². The molecule has 2 aromatic carbocycles. The fourth-order valence-corrected chi connectivity index (χ4v) is 3.76. The molecule has 2 atom stereocenters. The smallest absolute Gasteiger partial charge is 0.144 e. The maximum atomic E-state index is 8.61. The van der Waals surface area contributed by atoms with Gasteiger partial charge in [-0.05, 0) is 37.1 Å². The largest absolute Gasteiger partial charge is 0.457 e. The third kappa shape index (κ3) is 3.30. The number of aromatic nitrogens is 3. The minimum absolute atomic E-state index is 0.0106. The molecule has 0 saturated carbocycles. The Balaban J connectivity index is 1.52. The standard InChI is InChI=1S/C25H27N5O/c1-17-8-11-30(14-17)19-5-7-21-23(13-19)31-22-12-18(29-9-2-3-10-29)4-6-20(22)24(21)25-27-15-26-16-28-25/h4-7,12-13,15-17,24H,2-3,8-11,14H2,1H3/i2D2,3D2,8D2,9D2,10D2,11D2,14D2,17D. The monoisotopic (exact) mass is 428 g/mol. The number of nitrogens with zero attached hydrogens (tertiary/aromatic N) is 5. The molecule has 158 valence electrons. The average Bonchev–Trinajstić information content (AvgIpc) is 3.07. The summed E-state index contributed by atoms with van der Waals surface area (Å²) in [7, 11) is 0. The molecule has 0 aliphatic carbocycles. The predicted molar refractivity (Wildman–Crippen MR) is 121 cm³/mol. The molecule has 4 heterocycles. The van der Waals surface area contributed by atoms with Gasteiger partial charge in [0.1, 0.15) is 30.0 Å². The zero-order chi connectivity index (χ0) is 34.3. The first kappa shape index (κ1) is 8.77. The van der Waals surface area contributed by atoms with E-state index in [-0.39, 0.29) is 28.7 Å². The first-order valence-corrected chi connectivity index (χ1v) is 9.57. The molecule has 0 N–H and O–H groups in total. The molecular weight excluding hydrogens is 386 g/mol. The van der Waals surface area contributed by atoms with Gasteiger partial charge in [0, 0.05) is 81.2 Å². The normalized spacial score (nSPS) is 43.1. The molecular formula is C25H27N5O. The van der Waals surface area contributed by atoms with Crippen LogP contribution in [0.1, 0.15) is 69.5 Å². The van der Waals surface area contributed by atoms with Crippen LogP contribution >= 0.6 is 0 Å². The summed E-state index contributed by atoms with van der Waals surface area (Å²) in [5.74, 6) is -3.12. The Labute approximate surface area is 204 Å². The van der Waals surface area contributed by atoms with Crippen molar-refractivity contribution < 1.29 is 25.3 Å². The molecule has 2 fully saturated rings. The zero-order valence-corrected chi connectivity index (χ0v) is 16.3. The van der Waals surface area contributed by atoms with E-state index in [1.807, 2.05) is 0 Å². The van der Waals surface area contributed by atoms with Gasteiger partial charge >= 0.3 is 0 Å². The Kier molecular flexibility index (Phi) is 2.13. The molecule has 31 heavy (non-hydrogen) atoms. The van der Waals surface area contributed by atoms with Crippen LogP contribution in [-0.2, 0) is 0 Å². The van der Waals surface area contributed by atoms with Crippen molar-refractivity contribution in [2.24, 2.45) is 5.89 Å². The third-order valence-electron chi connectivity index (χ3n) is 5.16. The van der Waals surface area contributed by atoms with E-state index in [0.29, 0.717) is 20.9 Å². The first-order chi connectivity index (χ1) is 20.9. The highest BCUT2D eigenvalue weighted by Crippen LogP contribution is 2.48. The molecule has 0 bridgehead atoms. The molecule has 6 rings (SSSR count). The maximum Gasteiger partial charge on any atom is 0.144 e. The summed E-state index contributed by atoms with van der Waals surface area (Å²) in [5.41, 5.74) is 0.421. The number of ether oxygens (including phenoxy) is 1. The van der Waals surface area contributed by atoms with Crippen molar-refractivity contribution in [3.05, 3.63) is 66.0 Å². The number of hydrogen-bond donors (Lipinski definition) is 0. The molecule has 2 saturated heterocycles. The van der Waals surface area contributed by atoms with Crippen LogP contribution in [0.3, 0.4) is 0 Å². The molecule has 2 unspecified atom stereocenters. The lowest BCUT2D eigenvalue weighted by Crippen LogP contribution is -2.21. The number of fused-ring (bicyclic) bond motifs is 2. The van der Waals surface area contributed by atoms with Gasteiger partial charge in [-0.25, -0.2) is 15.0 Å². The van der Waals surface area contributed by atoms with Gasteiger partial charge in [-0.2, -0.15) is 0 Å². The summed E-state index contributed by atoms with van der Waals surface area (Å²) >= 11 is 0. The number of hydrogen-bond acceptors (Lipinski definition) is 6. The van der Waals surface area contributed by atoms with Crippen LogP contribution in [0.4, 0.5) is 11.4 Å². The van der Waals surface area contributed by atoms with Gasteiger partial charge in [0.05, 0.1) is 5.92 Å². The van der Waals surface area contributed by atoms with Gasteiger partial charge in [-0.1, -0.05) is 19.1 Å². The highest BCUT2D eigenvalue weighted by Gasteiger charge is 2.32. The molecule has 3 aromatic rings. The quantitative estimate of drug-likeness (QED) is 0.475. The summed E-state index contributed by atoms with van der Waals surface area (Å²) in [6, 6.07) is 8.09. The highest BCUT2D eigenvalue weighted by atomic mass is 16.5. The van der Waals surface area contributed by atoms with Crippen LogP contribution in [0.5, 0.6) is 11.5 Å². The van der Waals surface area contributed by atoms with Crippen LogP contribution in [0.15, 0.2) is 49.1 Å². The Morgan fingerprint density at radius 2 is 1.58 bits per heavy atom. The van der Waals surface area contributed by atoms with E-state index < -0.39 is 56.9 Å². The molecule has 0 amide bonds. The van der Waals surface area contributed by atoms with Crippen LogP contribution in [0.25, 0.3) is 0 Å². The Bertz CT molecular complexity index is 1580. The van der Waals surface area contributed by atoms with Gasteiger partial charge in [0.15, 0.2) is 0 Å². The van der Waals surface area contributed by atoms with Crippen LogP contribution in [0.2, 0.25) is 0 Å². The maximum absolute atomic E-state index is 8.61. The van der Waals surface area contributed by atoms with E-state index in [1.165, 1.54) is 49.1 Å². The summed E-state index contributed by atoms with van der Waals surface area (Å²) in [6.07, 6.45) is -7.01. The van der Waals surface area contributed by atoms with Gasteiger partial charge in [0.25, 0.3) is 0 Å². The van der Waals surface area contributed by atoms with Crippen molar-refractivity contribution in [1.82, 2.24) is 15.0 Å². The van der Waals surface area contributed by atoms with E-state index in [1.54, 1.807) is 0 Å². The molecule has 3 aliphatic rings. The molecule has 3 aliphatic heterocycles. The SMILES string of the molecule is [2H]C1([2H])N(c2ccc3c(c2)Oc2cc(N4C([2H])([2H])C([2H])([2H])C([2H])(C)C4([2H])[2H])ccc2C3c2ncncn2)C([2H])([2H])C([2H])([2H])C1([2H])[2H]. The Hall–Kier alpha value is -3.15. The van der Waals surface area contributed by atoms with Crippen LogP contribution in [0, 0.1) is 5.89 Å². The van der Waals surface area contributed by atoms with Crippen molar-refractivity contribution in [2.75, 3.05) is 35.8 Å². The van der Waals surface area contributed by atoms with Crippen molar-refractivity contribution >= 4 is 11.4 Å². The Morgan fingerprint density at radius 3 is 2.19 bits per heavy atom. The number of anilines is 2. The average molecular weight is 429 g/mol. The molecule has 1 aromatic heterocycles. The third-order valence-corrected chi connectivity index (χ3v) is 5.16. The van der Waals surface area contributed by atoms with E-state index in [0.717, 1.165) is 6.92 Å². The minimum Gasteiger partial charge on any atom is -0.457 e. The summed E-state index contributed by atoms with van der Waals surface area (Å²) < 4.78 is 132. The molecule has 6 nitrogen and oxygen atoms in total. The first-order valence-electron chi connectivity index (χ1n) is 17.1. The van der Waals surface area contributed by atoms with Gasteiger partial charge in [0.2, 0.25) is 0 Å². The molecule has 6 heteroatoms. The van der Waals surface area contributed by atoms with Crippen molar-refractivity contribution in [2.45, 2.75) is 32.0 Å². The minimum atomic E-state index is -3.28. The molecule has 0 spiro atoms. The lowest BCUT2D eigenvalue weighted by Gasteiger charge is -2.30. The second-order valence-electron chi connectivity index (χ2n) is 7.09. The fourth-order valence-electron chi connectivity index (χ4n) is 3.76. The van der Waals surface area contributed by atoms with E-state index in [2.05, 4.69) is 15.0 Å². The topological polar surface area (TPSA) is 54.4 Å². The Morgan fingerprint density at radius 1 is 0.935 bits per heavy atom. The van der Waals surface area contributed by atoms with E-state index in [4.69, 9.17) is 25.3 Å². The zero-order valence-electron chi connectivity index (χ0n) is 31.3. The van der Waals surface area contributed by atoms with Crippen molar-refractivity contribution in [1.29, 1.82) is 0 Å². The van der Waals surface area contributed by atoms with Crippen LogP contribution in [-0.4, -0.2) is 40.9 Å². The van der Waals surface area contributed by atoms with Crippen molar-refractivity contribution in [3.8, 4) is 11.5 Å². The van der Waals surface area contributed by atoms with E-state index >= 15 is 0 Å². The lowest BCUT2D eigenvalue weighted by atomic mass is 9.86. The van der Waals surface area contributed by atoms with Crippen molar-refractivity contribution in [3.63, 3.8) is 0 Å². The lowest BCUT2D eigenvalue weighted by molar-refractivity contribution is 0.450. The second kappa shape index (κ2) is 7.52. The predicted octanol–water partition coefficient (Wildman–Crippen LogP) is 4.60. The number of rotatable bonds is 3. The molecule has 0 radical (unpaired) electrons. The van der Waals surface area contributed by atoms with E-state index in [9.17, 15) is 0 Å². The summed E-state index contributed by atoms with van der Waals surface area (Å²) in [4.78, 5) is 13.3. The summed E-state index contributed by atoms with van der Waals surface area (Å²) in [6.45, 7) is -11.2.